The second-order valence-electron chi connectivity index (χ2n) is 2.99. The first-order valence-corrected chi connectivity index (χ1v) is 7.46. The van der Waals surface area contributed by atoms with Crippen LogP contribution in [0.2, 0.25) is 6.04 Å². The monoisotopic (exact) mass is 263 g/mol. The summed E-state index contributed by atoms with van der Waals surface area (Å²) in [5.74, 6) is 0. The van der Waals surface area contributed by atoms with E-state index >= 15 is 0 Å². The van der Waals surface area contributed by atoms with E-state index in [-0.39, 0.29) is 13.5 Å². The van der Waals surface area contributed by atoms with Crippen LogP contribution in [0.5, 0.6) is 0 Å². The van der Waals surface area contributed by atoms with E-state index < -0.39 is 8.80 Å². The van der Waals surface area contributed by atoms with Crippen molar-refractivity contribution in [1.82, 2.24) is 0 Å². The molecule has 0 aliphatic carbocycles. The van der Waals surface area contributed by atoms with Crippen molar-refractivity contribution in [2.75, 3.05) is 19.8 Å². The lowest BCUT2D eigenvalue weighted by atomic mass is 10.4. The molecule has 0 bridgehead atoms. The van der Waals surface area contributed by atoms with E-state index in [2.05, 4.69) is 6.07 Å². The third-order valence-electron chi connectivity index (χ3n) is 1.86. The molecule has 0 fully saturated rings. The van der Waals surface area contributed by atoms with Crippen LogP contribution in [0.3, 0.4) is 0 Å². The molecule has 0 aliphatic heterocycles. The van der Waals surface area contributed by atoms with Gasteiger partial charge in [0.1, 0.15) is 0 Å². The molecule has 4 nitrogen and oxygen atoms in total. The summed E-state index contributed by atoms with van der Waals surface area (Å²) < 4.78 is 16.9. The average Bonchev–Trinajstić information content (AvgIpc) is 2.19. The van der Waals surface area contributed by atoms with Gasteiger partial charge in [-0.2, -0.15) is 5.26 Å². The Kier molecular flexibility index (Phi) is 13.1. The van der Waals surface area contributed by atoms with Crippen LogP contribution in [0, 0.1) is 11.3 Å². The van der Waals surface area contributed by atoms with E-state index in [1.807, 2.05) is 20.8 Å². The van der Waals surface area contributed by atoms with Crippen molar-refractivity contribution in [3.8, 4) is 6.07 Å². The molecule has 0 saturated carbocycles. The predicted octanol–water partition coefficient (Wildman–Crippen LogP) is 2.99. The summed E-state index contributed by atoms with van der Waals surface area (Å²) >= 11 is 0. The Morgan fingerprint density at radius 1 is 1.00 bits per heavy atom. The first-order chi connectivity index (χ1) is 7.24. The van der Waals surface area contributed by atoms with E-state index in [1.165, 1.54) is 0 Å². The lowest BCUT2D eigenvalue weighted by molar-refractivity contribution is 0.0709. The first-order valence-electron chi connectivity index (χ1n) is 5.53. The molecule has 0 aromatic rings. The molecule has 0 rings (SSSR count). The van der Waals surface area contributed by atoms with Gasteiger partial charge in [-0.15, -0.1) is 0 Å². The van der Waals surface area contributed by atoms with Gasteiger partial charge in [-0.25, -0.2) is 0 Å². The van der Waals surface area contributed by atoms with Crippen molar-refractivity contribution < 1.29 is 13.3 Å². The highest BCUT2D eigenvalue weighted by Gasteiger charge is 2.39. The molecule has 16 heavy (non-hydrogen) atoms. The minimum Gasteiger partial charge on any atom is -0.374 e. The second-order valence-corrected chi connectivity index (χ2v) is 5.73. The van der Waals surface area contributed by atoms with Crippen LogP contribution in [-0.4, -0.2) is 28.6 Å². The Labute approximate surface area is 107 Å². The number of rotatable bonds is 9. The van der Waals surface area contributed by atoms with E-state index in [9.17, 15) is 0 Å². The molecule has 0 N–H and O–H groups in total. The van der Waals surface area contributed by atoms with E-state index in [1.54, 1.807) is 0 Å². The summed E-state index contributed by atoms with van der Waals surface area (Å²) in [7, 11) is -2.48. The van der Waals surface area contributed by atoms with Gasteiger partial charge < -0.3 is 13.3 Å². The quantitative estimate of drug-likeness (QED) is 0.474. The van der Waals surface area contributed by atoms with Crippen LogP contribution < -0.4 is 0 Å². The molecule has 0 aromatic carbocycles. The van der Waals surface area contributed by atoms with Crippen LogP contribution in [0.4, 0.5) is 0 Å². The normalized spacial score (nSPS) is 10.6. The Morgan fingerprint density at radius 3 is 1.75 bits per heavy atom. The SMILES string of the molecule is CCO[Si](CCCC#N)(OCC)OCC.[S]. The highest BCUT2D eigenvalue weighted by Crippen LogP contribution is 2.18. The van der Waals surface area contributed by atoms with Gasteiger partial charge in [0.05, 0.1) is 6.07 Å². The maximum absolute atomic E-state index is 8.50. The molecule has 0 atom stereocenters. The standard InChI is InChI=1S/C10H21NO3Si.S/c1-4-12-15(13-5-2,14-6-3)10-8-7-9-11;/h4-8,10H2,1-3H3;. The summed E-state index contributed by atoms with van der Waals surface area (Å²) in [6.45, 7) is 7.59. The molecule has 0 aromatic heterocycles. The number of hydrogen-bond acceptors (Lipinski definition) is 4. The van der Waals surface area contributed by atoms with Crippen molar-refractivity contribution in [2.45, 2.75) is 39.7 Å². The topological polar surface area (TPSA) is 51.5 Å². The van der Waals surface area contributed by atoms with Crippen molar-refractivity contribution >= 4 is 22.3 Å². The number of nitrogens with zero attached hydrogens (tertiary/aromatic N) is 1. The lowest BCUT2D eigenvalue weighted by Crippen LogP contribution is -2.45. The van der Waals surface area contributed by atoms with Gasteiger partial charge in [0.25, 0.3) is 0 Å². The highest BCUT2D eigenvalue weighted by molar-refractivity contribution is 7.59. The van der Waals surface area contributed by atoms with Gasteiger partial charge in [0.15, 0.2) is 0 Å². The summed E-state index contributed by atoms with van der Waals surface area (Å²) in [6, 6.07) is 2.85. The van der Waals surface area contributed by atoms with Crippen molar-refractivity contribution in [3.63, 3.8) is 0 Å². The molecule has 0 saturated heterocycles. The minimum absolute atomic E-state index is 0. The second kappa shape index (κ2) is 11.4. The zero-order chi connectivity index (χ0) is 11.6. The molecule has 0 unspecified atom stereocenters. The van der Waals surface area contributed by atoms with Gasteiger partial charge in [-0.3, -0.25) is 0 Å². The maximum atomic E-state index is 8.50. The van der Waals surface area contributed by atoms with Crippen molar-refractivity contribution in [3.05, 3.63) is 0 Å². The third-order valence-corrected chi connectivity index (χ3v) is 5.02. The average molecular weight is 263 g/mol. The Balaban J connectivity index is 0. The lowest BCUT2D eigenvalue weighted by Gasteiger charge is -2.28. The van der Waals surface area contributed by atoms with Crippen molar-refractivity contribution in [2.24, 2.45) is 0 Å². The van der Waals surface area contributed by atoms with Crippen LogP contribution in [0.15, 0.2) is 0 Å². The van der Waals surface area contributed by atoms with E-state index in [0.29, 0.717) is 26.2 Å². The Hall–Kier alpha value is -0.0631. The van der Waals surface area contributed by atoms with Gasteiger partial charge in [-0.1, -0.05) is 0 Å². The van der Waals surface area contributed by atoms with Crippen molar-refractivity contribution in [1.29, 1.82) is 5.26 Å². The summed E-state index contributed by atoms with van der Waals surface area (Å²) in [6.07, 6.45) is 1.31. The van der Waals surface area contributed by atoms with Gasteiger partial charge in [0.2, 0.25) is 0 Å². The molecule has 2 radical (unpaired) electrons. The van der Waals surface area contributed by atoms with E-state index in [4.69, 9.17) is 18.5 Å². The summed E-state index contributed by atoms with van der Waals surface area (Å²) in [5, 5.41) is 8.50. The molecule has 0 amide bonds. The predicted molar refractivity (Wildman–Crippen MR) is 67.9 cm³/mol. The van der Waals surface area contributed by atoms with Crippen LogP contribution in [0.1, 0.15) is 33.6 Å². The highest BCUT2D eigenvalue weighted by atomic mass is 32.1. The van der Waals surface area contributed by atoms with Gasteiger partial charge in [-0.05, 0) is 27.2 Å². The largest absolute Gasteiger partial charge is 0.500 e. The fourth-order valence-electron chi connectivity index (χ4n) is 1.39. The molecule has 6 heteroatoms. The molecule has 0 heterocycles. The van der Waals surface area contributed by atoms with Gasteiger partial charge >= 0.3 is 8.80 Å². The number of nitriles is 1. The zero-order valence-electron chi connectivity index (χ0n) is 10.3. The number of hydrogen-bond donors (Lipinski definition) is 0. The molecule has 0 aliphatic rings. The molecular formula is C10H21NO3SSi. The Bertz CT molecular complexity index is 182. The summed E-state index contributed by atoms with van der Waals surface area (Å²) in [5.41, 5.74) is 0. The van der Waals surface area contributed by atoms with Crippen LogP contribution >= 0.6 is 13.5 Å². The fraction of sp³-hybridized carbons (Fsp3) is 0.900. The summed E-state index contributed by atoms with van der Waals surface area (Å²) in [4.78, 5) is 0. The van der Waals surface area contributed by atoms with Crippen LogP contribution in [0.25, 0.3) is 0 Å². The molecule has 94 valence electrons. The molecular weight excluding hydrogens is 242 g/mol. The third kappa shape index (κ3) is 7.25. The maximum Gasteiger partial charge on any atom is 0.500 e. The first kappa shape index (κ1) is 18.3. The minimum atomic E-state index is -2.48. The van der Waals surface area contributed by atoms with Crippen LogP contribution in [-0.2, 0) is 13.3 Å². The fourth-order valence-corrected chi connectivity index (χ4v) is 4.00. The number of unbranched alkanes of at least 4 members (excludes halogenated alkanes) is 1. The molecule has 0 spiro atoms. The van der Waals surface area contributed by atoms with E-state index in [0.717, 1.165) is 12.5 Å². The van der Waals surface area contributed by atoms with Gasteiger partial charge in [0, 0.05) is 45.8 Å². The zero-order valence-corrected chi connectivity index (χ0v) is 12.1. The Morgan fingerprint density at radius 2 is 1.44 bits per heavy atom. The smallest absolute Gasteiger partial charge is 0.374 e.